The highest BCUT2D eigenvalue weighted by atomic mass is 16.6. The largest absolute Gasteiger partial charge is 0.340 e. The van der Waals surface area contributed by atoms with Crippen molar-refractivity contribution >= 4 is 33.9 Å². The summed E-state index contributed by atoms with van der Waals surface area (Å²) >= 11 is 0. The summed E-state index contributed by atoms with van der Waals surface area (Å²) in [6.07, 6.45) is 1.68. The molecule has 7 heteroatoms. The first kappa shape index (κ1) is 13.2. The Morgan fingerprint density at radius 3 is 2.83 bits per heavy atom. The molecule has 1 N–H and O–H groups in total. The third kappa shape index (κ3) is 2.34. The summed E-state index contributed by atoms with van der Waals surface area (Å²) in [6, 6.07) is 15.9. The summed E-state index contributed by atoms with van der Waals surface area (Å²) < 4.78 is 1.90. The molecule has 0 radical (unpaired) electrons. The number of rotatable bonds is 3. The molecule has 4 rings (SSSR count). The van der Waals surface area contributed by atoms with Gasteiger partial charge in [-0.1, -0.05) is 18.2 Å². The molecular formula is C16H11N5O2. The van der Waals surface area contributed by atoms with E-state index < -0.39 is 4.92 Å². The maximum Gasteiger partial charge on any atom is 0.271 e. The lowest BCUT2D eigenvalue weighted by Gasteiger charge is -2.05. The van der Waals surface area contributed by atoms with Crippen molar-refractivity contribution in [1.82, 2.24) is 14.4 Å². The van der Waals surface area contributed by atoms with Crippen LogP contribution in [-0.4, -0.2) is 19.3 Å². The number of para-hydroxylation sites is 2. The molecule has 2 aromatic carbocycles. The van der Waals surface area contributed by atoms with E-state index in [0.29, 0.717) is 11.5 Å². The van der Waals surface area contributed by atoms with Crippen LogP contribution < -0.4 is 5.32 Å². The van der Waals surface area contributed by atoms with Crippen LogP contribution in [0.1, 0.15) is 0 Å². The number of nitrogens with zero attached hydrogens (tertiary/aromatic N) is 4. The summed E-state index contributed by atoms with van der Waals surface area (Å²) in [4.78, 5) is 19.3. The van der Waals surface area contributed by atoms with Gasteiger partial charge in [0.05, 0.1) is 16.0 Å². The maximum atomic E-state index is 10.8. The van der Waals surface area contributed by atoms with Crippen LogP contribution in [0.2, 0.25) is 0 Å². The molecule has 7 nitrogen and oxygen atoms in total. The molecule has 2 heterocycles. The van der Waals surface area contributed by atoms with E-state index in [4.69, 9.17) is 0 Å². The molecule has 0 saturated heterocycles. The van der Waals surface area contributed by atoms with Gasteiger partial charge in [-0.05, 0) is 18.2 Å². The van der Waals surface area contributed by atoms with E-state index >= 15 is 0 Å². The van der Waals surface area contributed by atoms with E-state index in [2.05, 4.69) is 15.3 Å². The predicted octanol–water partition coefficient (Wildman–Crippen LogP) is 3.53. The van der Waals surface area contributed by atoms with Gasteiger partial charge in [0.25, 0.3) is 5.69 Å². The minimum absolute atomic E-state index is 0.0302. The van der Waals surface area contributed by atoms with Crippen LogP contribution in [0, 0.1) is 10.1 Å². The van der Waals surface area contributed by atoms with Gasteiger partial charge in [-0.2, -0.15) is 0 Å². The number of nitrogens with one attached hydrogen (secondary N) is 1. The molecule has 0 amide bonds. The Morgan fingerprint density at radius 1 is 1.09 bits per heavy atom. The van der Waals surface area contributed by atoms with E-state index in [1.807, 2.05) is 28.7 Å². The minimum atomic E-state index is -0.427. The van der Waals surface area contributed by atoms with Crippen molar-refractivity contribution in [2.45, 2.75) is 0 Å². The van der Waals surface area contributed by atoms with Gasteiger partial charge in [0.15, 0.2) is 0 Å². The highest BCUT2D eigenvalue weighted by Crippen LogP contribution is 2.22. The summed E-state index contributed by atoms with van der Waals surface area (Å²) in [6.45, 7) is 0. The van der Waals surface area contributed by atoms with Crippen molar-refractivity contribution in [1.29, 1.82) is 0 Å². The average Bonchev–Trinajstić information content (AvgIpc) is 2.92. The molecular weight excluding hydrogens is 294 g/mol. The van der Waals surface area contributed by atoms with Gasteiger partial charge in [-0.15, -0.1) is 0 Å². The summed E-state index contributed by atoms with van der Waals surface area (Å²) in [5.41, 5.74) is 3.27. The number of nitro benzene ring substituents is 1. The third-order valence-corrected chi connectivity index (χ3v) is 3.53. The number of hydrogen-bond acceptors (Lipinski definition) is 5. The second-order valence-electron chi connectivity index (χ2n) is 5.04. The molecule has 0 atom stereocenters. The smallest absolute Gasteiger partial charge is 0.271 e. The standard InChI is InChI=1S/C16H11N5O2/c22-21(23)12-5-3-4-11(8-12)18-15-9-16-19-13-6-1-2-7-14(13)20(16)10-17-15/h1-10,18H. The molecule has 0 aliphatic heterocycles. The molecule has 2 aromatic heterocycles. The van der Waals surface area contributed by atoms with Crippen LogP contribution in [-0.2, 0) is 0 Å². The van der Waals surface area contributed by atoms with Crippen molar-refractivity contribution in [3.05, 3.63) is 71.0 Å². The van der Waals surface area contributed by atoms with Crippen LogP contribution in [0.5, 0.6) is 0 Å². The molecule has 0 spiro atoms. The molecule has 23 heavy (non-hydrogen) atoms. The zero-order chi connectivity index (χ0) is 15.8. The topological polar surface area (TPSA) is 85.4 Å². The lowest BCUT2D eigenvalue weighted by molar-refractivity contribution is -0.384. The van der Waals surface area contributed by atoms with Crippen LogP contribution in [0.15, 0.2) is 60.9 Å². The number of hydrogen-bond donors (Lipinski definition) is 1. The SMILES string of the molecule is O=[N+]([O-])c1cccc(Nc2cc3nc4ccccc4n3cn2)c1. The Balaban J connectivity index is 1.73. The van der Waals surface area contributed by atoms with Gasteiger partial charge in [-0.3, -0.25) is 14.5 Å². The van der Waals surface area contributed by atoms with E-state index in [9.17, 15) is 10.1 Å². The number of non-ortho nitro benzene ring substituents is 1. The van der Waals surface area contributed by atoms with Gasteiger partial charge >= 0.3 is 0 Å². The molecule has 0 unspecified atom stereocenters. The maximum absolute atomic E-state index is 10.8. The fraction of sp³-hybridized carbons (Fsp3) is 0. The van der Waals surface area contributed by atoms with Crippen molar-refractivity contribution in [3.8, 4) is 0 Å². The van der Waals surface area contributed by atoms with E-state index in [-0.39, 0.29) is 5.69 Å². The first-order valence-electron chi connectivity index (χ1n) is 6.95. The normalized spacial score (nSPS) is 11.0. The van der Waals surface area contributed by atoms with E-state index in [1.54, 1.807) is 24.5 Å². The molecule has 0 saturated carbocycles. The van der Waals surface area contributed by atoms with Gasteiger partial charge < -0.3 is 5.32 Å². The van der Waals surface area contributed by atoms with Crippen LogP contribution in [0.25, 0.3) is 16.7 Å². The van der Waals surface area contributed by atoms with Crippen molar-refractivity contribution in [3.63, 3.8) is 0 Å². The lowest BCUT2D eigenvalue weighted by atomic mass is 10.3. The fourth-order valence-electron chi connectivity index (χ4n) is 2.48. The van der Waals surface area contributed by atoms with Crippen molar-refractivity contribution < 1.29 is 4.92 Å². The van der Waals surface area contributed by atoms with Gasteiger partial charge in [-0.25, -0.2) is 9.97 Å². The summed E-state index contributed by atoms with van der Waals surface area (Å²) in [5.74, 6) is 0.577. The zero-order valence-corrected chi connectivity index (χ0v) is 11.9. The number of imidazole rings is 1. The average molecular weight is 305 g/mol. The highest BCUT2D eigenvalue weighted by molar-refractivity contribution is 5.81. The Morgan fingerprint density at radius 2 is 1.96 bits per heavy atom. The minimum Gasteiger partial charge on any atom is -0.340 e. The Bertz CT molecular complexity index is 1040. The molecule has 4 aromatic rings. The van der Waals surface area contributed by atoms with E-state index in [0.717, 1.165) is 16.7 Å². The van der Waals surface area contributed by atoms with Gasteiger partial charge in [0.2, 0.25) is 0 Å². The van der Waals surface area contributed by atoms with Gasteiger partial charge in [0.1, 0.15) is 17.8 Å². The Hall–Kier alpha value is -3.48. The first-order chi connectivity index (χ1) is 11.2. The monoisotopic (exact) mass is 305 g/mol. The summed E-state index contributed by atoms with van der Waals surface area (Å²) in [7, 11) is 0. The molecule has 0 aliphatic carbocycles. The van der Waals surface area contributed by atoms with Crippen LogP contribution in [0.4, 0.5) is 17.2 Å². The second kappa shape index (κ2) is 5.06. The highest BCUT2D eigenvalue weighted by Gasteiger charge is 2.08. The molecule has 0 bridgehead atoms. The van der Waals surface area contributed by atoms with Gasteiger partial charge in [0, 0.05) is 23.9 Å². The Kier molecular flexibility index (Phi) is 2.90. The fourth-order valence-corrected chi connectivity index (χ4v) is 2.48. The summed E-state index contributed by atoms with van der Waals surface area (Å²) in [5, 5.41) is 13.9. The first-order valence-corrected chi connectivity index (χ1v) is 6.95. The second-order valence-corrected chi connectivity index (χ2v) is 5.04. The van der Waals surface area contributed by atoms with Crippen LogP contribution in [0.3, 0.4) is 0 Å². The number of anilines is 2. The quantitative estimate of drug-likeness (QED) is 0.462. The third-order valence-electron chi connectivity index (χ3n) is 3.53. The number of nitro groups is 1. The molecule has 0 fully saturated rings. The number of aromatic nitrogens is 3. The van der Waals surface area contributed by atoms with Crippen molar-refractivity contribution in [2.24, 2.45) is 0 Å². The van der Waals surface area contributed by atoms with Crippen LogP contribution >= 0.6 is 0 Å². The Labute approximate surface area is 130 Å². The van der Waals surface area contributed by atoms with Crippen molar-refractivity contribution in [2.75, 3.05) is 5.32 Å². The molecule has 112 valence electrons. The lowest BCUT2D eigenvalue weighted by Crippen LogP contribution is -1.97. The number of benzene rings is 2. The zero-order valence-electron chi connectivity index (χ0n) is 11.9. The number of fused-ring (bicyclic) bond motifs is 3. The van der Waals surface area contributed by atoms with E-state index in [1.165, 1.54) is 12.1 Å². The predicted molar refractivity (Wildman–Crippen MR) is 86.9 cm³/mol. The molecule has 0 aliphatic rings.